The van der Waals surface area contributed by atoms with E-state index in [0.29, 0.717) is 17.1 Å². The summed E-state index contributed by atoms with van der Waals surface area (Å²) in [5.74, 6) is -0.335. The highest BCUT2D eigenvalue weighted by molar-refractivity contribution is 5.99. The molecule has 2 aliphatic heterocycles. The number of hydrogen-bond acceptors (Lipinski definition) is 3. The zero-order valence-electron chi connectivity index (χ0n) is 12.7. The Bertz CT molecular complexity index is 1020. The van der Waals surface area contributed by atoms with Crippen LogP contribution >= 0.6 is 0 Å². The summed E-state index contributed by atoms with van der Waals surface area (Å²) in [4.78, 5) is 12.4. The van der Waals surface area contributed by atoms with E-state index in [0.717, 1.165) is 16.3 Å². The largest absolute Gasteiger partial charge is 0.431 e. The summed E-state index contributed by atoms with van der Waals surface area (Å²) in [5, 5.41) is 5.05. The van der Waals surface area contributed by atoms with E-state index in [4.69, 9.17) is 9.47 Å². The van der Waals surface area contributed by atoms with Crippen molar-refractivity contribution in [3.63, 3.8) is 0 Å². The molecule has 24 heavy (non-hydrogen) atoms. The van der Waals surface area contributed by atoms with Crippen LogP contribution in [0.3, 0.4) is 0 Å². The summed E-state index contributed by atoms with van der Waals surface area (Å²) in [6, 6.07) is 19.1. The molecule has 4 heteroatoms. The van der Waals surface area contributed by atoms with Crippen LogP contribution in [0.5, 0.6) is 11.5 Å². The third kappa shape index (κ3) is 1.83. The average molecular weight is 315 g/mol. The monoisotopic (exact) mass is 315 g/mol. The molecule has 5 rings (SSSR count). The van der Waals surface area contributed by atoms with Gasteiger partial charge in [0.2, 0.25) is 0 Å². The van der Waals surface area contributed by atoms with Crippen molar-refractivity contribution in [2.24, 2.45) is 0 Å². The van der Waals surface area contributed by atoms with Crippen molar-refractivity contribution in [1.29, 1.82) is 0 Å². The molecule has 1 atom stereocenters. The summed E-state index contributed by atoms with van der Waals surface area (Å²) in [5.41, 5.74) is 1.49. The molecule has 0 aliphatic carbocycles. The minimum Gasteiger partial charge on any atom is -0.431 e. The van der Waals surface area contributed by atoms with Gasteiger partial charge < -0.3 is 9.47 Å². The molecule has 0 bridgehead atoms. The first-order valence-electron chi connectivity index (χ1n) is 7.75. The molecule has 3 aromatic rings. The Kier molecular flexibility index (Phi) is 2.54. The molecule has 0 unspecified atom stereocenters. The minimum atomic E-state index is -1.30. The third-order valence-electron chi connectivity index (χ3n) is 4.34. The van der Waals surface area contributed by atoms with Crippen molar-refractivity contribution in [3.05, 3.63) is 77.9 Å². The molecular formula is C20H13NO3. The quantitative estimate of drug-likeness (QED) is 0.688. The van der Waals surface area contributed by atoms with Gasteiger partial charge in [-0.25, -0.2) is 0 Å². The summed E-state index contributed by atoms with van der Waals surface area (Å²) in [6.45, 7) is 0. The first-order chi connectivity index (χ1) is 11.7. The molecule has 0 fully saturated rings. The van der Waals surface area contributed by atoms with E-state index < -0.39 is 5.91 Å². The number of rotatable bonds is 0. The molecular weight excluding hydrogens is 302 g/mol. The average Bonchev–Trinajstić information content (AvgIpc) is 2.61. The number of carbonyl (C=O) groups is 1. The molecule has 3 aromatic carbocycles. The van der Waals surface area contributed by atoms with Gasteiger partial charge in [0.1, 0.15) is 11.5 Å². The van der Waals surface area contributed by atoms with E-state index >= 15 is 0 Å². The maximum atomic E-state index is 12.4. The van der Waals surface area contributed by atoms with Crippen molar-refractivity contribution in [2.45, 2.75) is 5.91 Å². The molecule has 0 radical (unpaired) electrons. The SMILES string of the molecule is O=C1N[C@@]2(C=Cc3c(ccc4ccccc34)O2)Oc2ccccc21. The Labute approximate surface area is 138 Å². The number of ether oxygens (including phenoxy) is 2. The van der Waals surface area contributed by atoms with Crippen LogP contribution in [0, 0.1) is 0 Å². The van der Waals surface area contributed by atoms with Gasteiger partial charge in [-0.1, -0.05) is 42.5 Å². The molecule has 116 valence electrons. The molecule has 0 saturated heterocycles. The van der Waals surface area contributed by atoms with Crippen molar-refractivity contribution < 1.29 is 14.3 Å². The lowest BCUT2D eigenvalue weighted by Crippen LogP contribution is -2.59. The van der Waals surface area contributed by atoms with Gasteiger partial charge >= 0.3 is 5.91 Å². The fraction of sp³-hybridized carbons (Fsp3) is 0.0500. The standard InChI is InChI=1S/C20H13NO3/c22-19-16-7-3-4-8-17(16)23-20(21-19)12-11-15-14-6-2-1-5-13(14)9-10-18(15)24-20/h1-12H,(H,21,22)/t20-/m0/s1. The van der Waals surface area contributed by atoms with Crippen LogP contribution in [0.2, 0.25) is 0 Å². The molecule has 1 amide bonds. The van der Waals surface area contributed by atoms with Gasteiger partial charge in [-0.3, -0.25) is 10.1 Å². The van der Waals surface area contributed by atoms with Crippen LogP contribution in [0.15, 0.2) is 66.7 Å². The van der Waals surface area contributed by atoms with E-state index in [2.05, 4.69) is 17.4 Å². The number of hydrogen-bond donors (Lipinski definition) is 1. The lowest BCUT2D eigenvalue weighted by Gasteiger charge is -2.38. The second-order valence-corrected chi connectivity index (χ2v) is 5.85. The second kappa shape index (κ2) is 4.61. The van der Waals surface area contributed by atoms with Crippen LogP contribution in [0.1, 0.15) is 15.9 Å². The number of fused-ring (bicyclic) bond motifs is 4. The van der Waals surface area contributed by atoms with Crippen LogP contribution < -0.4 is 14.8 Å². The molecule has 1 spiro atoms. The fourth-order valence-corrected chi connectivity index (χ4v) is 3.21. The molecule has 2 aliphatic rings. The Morgan fingerprint density at radius 3 is 2.58 bits per heavy atom. The highest BCUT2D eigenvalue weighted by atomic mass is 16.7. The van der Waals surface area contributed by atoms with E-state index in [1.54, 1.807) is 24.3 Å². The lowest BCUT2D eigenvalue weighted by molar-refractivity contribution is -0.0968. The third-order valence-corrected chi connectivity index (χ3v) is 4.34. The first-order valence-corrected chi connectivity index (χ1v) is 7.75. The summed E-state index contributed by atoms with van der Waals surface area (Å²) in [7, 11) is 0. The summed E-state index contributed by atoms with van der Waals surface area (Å²) in [6.07, 6.45) is 3.69. The van der Waals surface area contributed by atoms with Gasteiger partial charge in [0, 0.05) is 11.6 Å². The van der Waals surface area contributed by atoms with Gasteiger partial charge in [0.05, 0.1) is 5.56 Å². The predicted molar refractivity (Wildman–Crippen MR) is 90.9 cm³/mol. The molecule has 0 saturated carbocycles. The van der Waals surface area contributed by atoms with Crippen LogP contribution in [-0.4, -0.2) is 11.8 Å². The van der Waals surface area contributed by atoms with Gasteiger partial charge in [-0.2, -0.15) is 0 Å². The Morgan fingerprint density at radius 1 is 0.833 bits per heavy atom. The van der Waals surface area contributed by atoms with Crippen molar-refractivity contribution >= 4 is 22.8 Å². The van der Waals surface area contributed by atoms with Crippen LogP contribution in [0.25, 0.3) is 16.8 Å². The topological polar surface area (TPSA) is 47.6 Å². The summed E-state index contributed by atoms with van der Waals surface area (Å²) >= 11 is 0. The maximum absolute atomic E-state index is 12.4. The van der Waals surface area contributed by atoms with Gasteiger partial charge in [0.15, 0.2) is 0 Å². The van der Waals surface area contributed by atoms with Crippen molar-refractivity contribution in [1.82, 2.24) is 5.32 Å². The fourth-order valence-electron chi connectivity index (χ4n) is 3.21. The summed E-state index contributed by atoms with van der Waals surface area (Å²) < 4.78 is 12.0. The van der Waals surface area contributed by atoms with Crippen LogP contribution in [0.4, 0.5) is 0 Å². The zero-order chi connectivity index (χ0) is 16.1. The van der Waals surface area contributed by atoms with E-state index in [9.17, 15) is 4.79 Å². The number of amides is 1. The molecule has 2 heterocycles. The molecule has 1 N–H and O–H groups in total. The van der Waals surface area contributed by atoms with Crippen molar-refractivity contribution in [3.8, 4) is 11.5 Å². The Morgan fingerprint density at radius 2 is 1.62 bits per heavy atom. The zero-order valence-corrected chi connectivity index (χ0v) is 12.7. The second-order valence-electron chi connectivity index (χ2n) is 5.85. The number of nitrogens with one attached hydrogen (secondary N) is 1. The van der Waals surface area contributed by atoms with E-state index in [-0.39, 0.29) is 5.91 Å². The maximum Gasteiger partial charge on any atom is 0.360 e. The molecule has 0 aromatic heterocycles. The number of benzene rings is 3. The molecule has 4 nitrogen and oxygen atoms in total. The number of para-hydroxylation sites is 1. The highest BCUT2D eigenvalue weighted by Gasteiger charge is 2.42. The Balaban J connectivity index is 1.62. The van der Waals surface area contributed by atoms with Crippen molar-refractivity contribution in [2.75, 3.05) is 0 Å². The van der Waals surface area contributed by atoms with Gasteiger partial charge in [-0.15, -0.1) is 0 Å². The predicted octanol–water partition coefficient (Wildman–Crippen LogP) is 3.72. The van der Waals surface area contributed by atoms with Gasteiger partial charge in [-0.05, 0) is 35.0 Å². The first kappa shape index (κ1) is 13.2. The van der Waals surface area contributed by atoms with Gasteiger partial charge in [0.25, 0.3) is 5.91 Å². The van der Waals surface area contributed by atoms with E-state index in [1.807, 2.05) is 36.4 Å². The van der Waals surface area contributed by atoms with E-state index in [1.165, 1.54) is 0 Å². The Hall–Kier alpha value is -3.27. The highest BCUT2D eigenvalue weighted by Crippen LogP contribution is 2.38. The lowest BCUT2D eigenvalue weighted by atomic mass is 10.0. The van der Waals surface area contributed by atoms with Crippen LogP contribution in [-0.2, 0) is 0 Å². The number of carbonyl (C=O) groups excluding carboxylic acids is 1. The normalized spacial score (nSPS) is 20.8. The minimum absolute atomic E-state index is 0.217. The smallest absolute Gasteiger partial charge is 0.360 e.